The fourth-order valence-electron chi connectivity index (χ4n) is 3.39. The van der Waals surface area contributed by atoms with Gasteiger partial charge in [-0.1, -0.05) is 47.7 Å². The molecule has 4 rings (SSSR count). The van der Waals surface area contributed by atoms with E-state index < -0.39 is 15.4 Å². The third-order valence-electron chi connectivity index (χ3n) is 5.31. The van der Waals surface area contributed by atoms with Crippen LogP contribution in [0.1, 0.15) is 17.5 Å². The van der Waals surface area contributed by atoms with E-state index in [4.69, 9.17) is 8.92 Å². The number of para-hydroxylation sites is 1. The number of halogens is 1. The number of benzene rings is 3. The minimum absolute atomic E-state index is 0.0174. The maximum Gasteiger partial charge on any atom is 0.339 e. The number of nitrogens with zero attached hydrogens (tertiary/aromatic N) is 2. The molecule has 2 amide bonds. The largest absolute Gasteiger partial charge is 0.493 e. The number of carbonyl (C=O) groups is 2. The van der Waals surface area contributed by atoms with Crippen molar-refractivity contribution in [3.63, 3.8) is 0 Å². The molecule has 3 aromatic carbocycles. The van der Waals surface area contributed by atoms with E-state index in [1.807, 2.05) is 35.6 Å². The van der Waals surface area contributed by atoms with E-state index in [0.29, 0.717) is 14.8 Å². The van der Waals surface area contributed by atoms with Crippen molar-refractivity contribution in [2.75, 3.05) is 12.4 Å². The predicted octanol–water partition coefficient (Wildman–Crippen LogP) is 4.33. The molecule has 0 saturated carbocycles. The molecular formula is C26H23IN4O6S2. The fraction of sp³-hybridized carbons (Fsp3) is 0.154. The van der Waals surface area contributed by atoms with Crippen molar-refractivity contribution in [2.45, 2.75) is 23.5 Å². The Balaban J connectivity index is 1.42. The Morgan fingerprint density at radius 2 is 1.87 bits per heavy atom. The molecule has 1 atom stereocenters. The summed E-state index contributed by atoms with van der Waals surface area (Å²) in [6.45, 7) is 1.86. The molecule has 0 aliphatic carbocycles. The van der Waals surface area contributed by atoms with E-state index in [9.17, 15) is 18.0 Å². The first-order valence-corrected chi connectivity index (χ1v) is 14.8. The van der Waals surface area contributed by atoms with E-state index in [1.54, 1.807) is 48.5 Å². The summed E-state index contributed by atoms with van der Waals surface area (Å²) in [6, 6.07) is 18.5. The first-order chi connectivity index (χ1) is 18.6. The van der Waals surface area contributed by atoms with Gasteiger partial charge in [-0.15, -0.1) is 5.10 Å². The third-order valence-corrected chi connectivity index (χ3v) is 8.42. The number of nitrogens with one attached hydrogen (secondary N) is 2. The lowest BCUT2D eigenvalue weighted by molar-refractivity contribution is -0.122. The van der Waals surface area contributed by atoms with Crippen LogP contribution in [0.5, 0.6) is 11.5 Å². The van der Waals surface area contributed by atoms with E-state index in [-0.39, 0.29) is 39.8 Å². The average molecular weight is 679 g/mol. The highest BCUT2D eigenvalue weighted by molar-refractivity contribution is 14.1. The van der Waals surface area contributed by atoms with Gasteiger partial charge in [0.25, 0.3) is 0 Å². The lowest BCUT2D eigenvalue weighted by Crippen LogP contribution is -2.28. The van der Waals surface area contributed by atoms with Crippen molar-refractivity contribution in [1.29, 1.82) is 0 Å². The van der Waals surface area contributed by atoms with E-state index in [1.165, 1.54) is 25.5 Å². The number of hydrogen-bond acceptors (Lipinski definition) is 9. The molecule has 0 aromatic heterocycles. The lowest BCUT2D eigenvalue weighted by Gasteiger charge is -2.13. The van der Waals surface area contributed by atoms with Crippen molar-refractivity contribution in [3.8, 4) is 11.5 Å². The van der Waals surface area contributed by atoms with Gasteiger partial charge in [0.1, 0.15) is 10.1 Å². The summed E-state index contributed by atoms with van der Waals surface area (Å²) >= 11 is 3.06. The Labute approximate surface area is 243 Å². The molecule has 1 fully saturated rings. The molecule has 39 heavy (non-hydrogen) atoms. The first kappa shape index (κ1) is 28.6. The van der Waals surface area contributed by atoms with E-state index in [0.717, 1.165) is 17.3 Å². The summed E-state index contributed by atoms with van der Waals surface area (Å²) in [5.74, 6) is -0.367. The van der Waals surface area contributed by atoms with Gasteiger partial charge in [-0.3, -0.25) is 9.59 Å². The Morgan fingerprint density at radius 3 is 2.56 bits per heavy atom. The van der Waals surface area contributed by atoms with Crippen molar-refractivity contribution < 1.29 is 26.9 Å². The Morgan fingerprint density at radius 1 is 1.15 bits per heavy atom. The SMILES string of the molecule is COc1cc(/C=N\N=C2\NC(=O)[C@H](CC(=O)Nc3ccccc3)S2)cc(I)c1OS(=O)(=O)c1ccc(C)cc1. The second kappa shape index (κ2) is 12.6. The second-order valence-corrected chi connectivity index (χ2v) is 12.1. The molecular weight excluding hydrogens is 655 g/mol. The molecule has 13 heteroatoms. The van der Waals surface area contributed by atoms with E-state index >= 15 is 0 Å². The molecule has 1 aliphatic rings. The van der Waals surface area contributed by atoms with Crippen molar-refractivity contribution >= 4 is 73.4 Å². The zero-order valence-corrected chi connectivity index (χ0v) is 24.5. The van der Waals surface area contributed by atoms with Crippen LogP contribution >= 0.6 is 34.4 Å². The maximum atomic E-state index is 12.8. The van der Waals surface area contributed by atoms with Gasteiger partial charge >= 0.3 is 10.1 Å². The standard InChI is InChI=1S/C26H23IN4O6S2/c1-16-8-10-19(11-9-16)39(34,35)37-24-20(27)12-17(13-21(24)36-2)15-28-31-26-30-25(33)22(38-26)14-23(32)29-18-6-4-3-5-7-18/h3-13,15,22H,14H2,1-2H3,(H,29,32)(H,30,31,33)/b28-15-/t22-/m0/s1. The molecule has 1 saturated heterocycles. The van der Waals surface area contributed by atoms with Gasteiger partial charge in [0.2, 0.25) is 11.8 Å². The number of anilines is 1. The molecule has 0 unspecified atom stereocenters. The molecule has 202 valence electrons. The number of rotatable bonds is 9. The smallest absolute Gasteiger partial charge is 0.339 e. The Hall–Kier alpha value is -3.43. The highest BCUT2D eigenvalue weighted by Crippen LogP contribution is 2.35. The Bertz CT molecular complexity index is 1540. The number of aryl methyl sites for hydroxylation is 1. The highest BCUT2D eigenvalue weighted by Gasteiger charge is 2.32. The zero-order valence-electron chi connectivity index (χ0n) is 20.8. The third kappa shape index (κ3) is 7.58. The minimum atomic E-state index is -4.07. The number of hydrogen-bond donors (Lipinski definition) is 2. The van der Waals surface area contributed by atoms with Crippen LogP contribution in [0.15, 0.2) is 81.8 Å². The Kier molecular flexibility index (Phi) is 9.24. The maximum absolute atomic E-state index is 12.8. The number of amides is 2. The summed E-state index contributed by atoms with van der Waals surface area (Å²) in [7, 11) is -2.68. The van der Waals surface area contributed by atoms with Gasteiger partial charge < -0.3 is 19.6 Å². The number of ether oxygens (including phenoxy) is 1. The zero-order chi connectivity index (χ0) is 28.0. The van der Waals surface area contributed by atoms with Gasteiger partial charge in [0.15, 0.2) is 16.7 Å². The molecule has 3 aromatic rings. The average Bonchev–Trinajstić information content (AvgIpc) is 3.24. The highest BCUT2D eigenvalue weighted by atomic mass is 127. The van der Waals surface area contributed by atoms with Crippen LogP contribution in [-0.4, -0.2) is 44.0 Å². The monoisotopic (exact) mass is 678 g/mol. The van der Waals surface area contributed by atoms with Crippen molar-refractivity contribution in [2.24, 2.45) is 10.2 Å². The van der Waals surface area contributed by atoms with Gasteiger partial charge in [-0.05, 0) is 71.5 Å². The van der Waals surface area contributed by atoms with Crippen molar-refractivity contribution in [1.82, 2.24) is 5.32 Å². The van der Waals surface area contributed by atoms with Gasteiger partial charge in [-0.2, -0.15) is 13.5 Å². The predicted molar refractivity (Wildman–Crippen MR) is 159 cm³/mol. The second-order valence-electron chi connectivity index (χ2n) is 8.25. The first-order valence-electron chi connectivity index (χ1n) is 11.5. The summed E-state index contributed by atoms with van der Waals surface area (Å²) in [5, 5.41) is 13.1. The van der Waals surface area contributed by atoms with Crippen LogP contribution in [0.4, 0.5) is 5.69 Å². The van der Waals surface area contributed by atoms with Gasteiger partial charge in [0.05, 0.1) is 16.9 Å². The summed E-state index contributed by atoms with van der Waals surface area (Å²) in [4.78, 5) is 24.6. The number of amidine groups is 1. The minimum Gasteiger partial charge on any atom is -0.493 e. The summed E-state index contributed by atoms with van der Waals surface area (Å²) in [5.41, 5.74) is 2.14. The quantitative estimate of drug-likeness (QED) is 0.149. The fourth-order valence-corrected chi connectivity index (χ4v) is 6.16. The number of thioether (sulfide) groups is 1. The number of carbonyl (C=O) groups excluding carboxylic acids is 2. The summed E-state index contributed by atoms with van der Waals surface area (Å²) < 4.78 is 36.8. The molecule has 0 bridgehead atoms. The van der Waals surface area contributed by atoms with E-state index in [2.05, 4.69) is 20.8 Å². The lowest BCUT2D eigenvalue weighted by atomic mass is 10.2. The molecule has 1 aliphatic heterocycles. The van der Waals surface area contributed by atoms with Crippen LogP contribution in [0, 0.1) is 10.5 Å². The van der Waals surface area contributed by atoms with Crippen LogP contribution in [0.2, 0.25) is 0 Å². The summed E-state index contributed by atoms with van der Waals surface area (Å²) in [6.07, 6.45) is 1.41. The van der Waals surface area contributed by atoms with Gasteiger partial charge in [-0.25, -0.2) is 0 Å². The van der Waals surface area contributed by atoms with Crippen LogP contribution in [0.3, 0.4) is 0 Å². The molecule has 2 N–H and O–H groups in total. The molecule has 0 radical (unpaired) electrons. The number of methoxy groups -OCH3 is 1. The van der Waals surface area contributed by atoms with Crippen LogP contribution in [-0.2, 0) is 19.7 Å². The molecule has 10 nitrogen and oxygen atoms in total. The normalized spacial score (nSPS) is 16.3. The van der Waals surface area contributed by atoms with Crippen molar-refractivity contribution in [3.05, 3.63) is 81.4 Å². The molecule has 0 spiro atoms. The topological polar surface area (TPSA) is 136 Å². The van der Waals surface area contributed by atoms with Gasteiger partial charge in [0, 0.05) is 12.1 Å². The van der Waals surface area contributed by atoms with Crippen LogP contribution in [0.25, 0.3) is 0 Å². The molecule has 1 heterocycles. The van der Waals surface area contributed by atoms with Crippen LogP contribution < -0.4 is 19.6 Å².